The van der Waals surface area contributed by atoms with Gasteiger partial charge in [-0.1, -0.05) is 78.3 Å². The van der Waals surface area contributed by atoms with Gasteiger partial charge in [0.1, 0.15) is 5.58 Å². The van der Waals surface area contributed by atoms with Gasteiger partial charge in [0.05, 0.1) is 5.56 Å². The smallest absolute Gasteiger partial charge is 0.202 e. The number of halogens is 1. The third-order valence-corrected chi connectivity index (χ3v) is 5.67. The van der Waals surface area contributed by atoms with E-state index in [2.05, 4.69) is 11.4 Å². The maximum absolute atomic E-state index is 6.18. The van der Waals surface area contributed by atoms with E-state index in [1.165, 1.54) is 0 Å². The molecule has 5 nitrogen and oxygen atoms in total. The number of nitrogens with zero attached hydrogens (tertiary/aromatic N) is 3. The Morgan fingerprint density at radius 2 is 1.38 bits per heavy atom. The maximum atomic E-state index is 6.18. The van der Waals surface area contributed by atoms with Gasteiger partial charge in [-0.3, -0.25) is 0 Å². The van der Waals surface area contributed by atoms with Crippen LogP contribution in [0.4, 0.5) is 5.88 Å². The molecule has 32 heavy (non-hydrogen) atoms. The van der Waals surface area contributed by atoms with Crippen molar-refractivity contribution >= 4 is 34.0 Å². The van der Waals surface area contributed by atoms with Gasteiger partial charge >= 0.3 is 0 Å². The summed E-state index contributed by atoms with van der Waals surface area (Å²) in [5.41, 5.74) is 4.45. The number of furan rings is 1. The molecule has 3 heterocycles. The van der Waals surface area contributed by atoms with Crippen LogP contribution in [-0.2, 0) is 0 Å². The highest BCUT2D eigenvalue weighted by molar-refractivity contribution is 6.31. The summed E-state index contributed by atoms with van der Waals surface area (Å²) in [6.07, 6.45) is 2.09. The highest BCUT2D eigenvalue weighted by Crippen LogP contribution is 2.40. The quantitative estimate of drug-likeness (QED) is 0.351. The molecule has 2 aromatic heterocycles. The Morgan fingerprint density at radius 1 is 0.750 bits per heavy atom. The third-order valence-electron chi connectivity index (χ3n) is 5.43. The van der Waals surface area contributed by atoms with Crippen molar-refractivity contribution in [1.82, 2.24) is 15.0 Å². The van der Waals surface area contributed by atoms with Crippen molar-refractivity contribution in [1.29, 1.82) is 0 Å². The average Bonchev–Trinajstić information content (AvgIpc) is 3.22. The third kappa shape index (κ3) is 3.24. The summed E-state index contributed by atoms with van der Waals surface area (Å²) in [7, 11) is 0. The van der Waals surface area contributed by atoms with Crippen LogP contribution >= 0.6 is 11.6 Å². The van der Waals surface area contributed by atoms with Crippen LogP contribution in [0, 0.1) is 0 Å². The van der Waals surface area contributed by atoms with Crippen molar-refractivity contribution in [3.63, 3.8) is 0 Å². The zero-order valence-corrected chi connectivity index (χ0v) is 17.7. The van der Waals surface area contributed by atoms with E-state index in [0.717, 1.165) is 33.2 Å². The Bertz CT molecular complexity index is 1420. The predicted octanol–water partition coefficient (Wildman–Crippen LogP) is 6.46. The van der Waals surface area contributed by atoms with Crippen LogP contribution in [0.3, 0.4) is 0 Å². The zero-order chi connectivity index (χ0) is 21.5. The van der Waals surface area contributed by atoms with Gasteiger partial charge in [0.2, 0.25) is 5.88 Å². The van der Waals surface area contributed by atoms with Crippen molar-refractivity contribution in [2.75, 3.05) is 11.9 Å². The Morgan fingerprint density at radius 3 is 2.03 bits per heavy atom. The van der Waals surface area contributed by atoms with Gasteiger partial charge in [0, 0.05) is 39.7 Å². The van der Waals surface area contributed by atoms with Crippen molar-refractivity contribution < 1.29 is 4.42 Å². The fourth-order valence-corrected chi connectivity index (χ4v) is 4.10. The van der Waals surface area contributed by atoms with E-state index in [9.17, 15) is 0 Å². The first kappa shape index (κ1) is 18.8. The number of aromatic nitrogens is 3. The Labute approximate surface area is 189 Å². The molecule has 0 saturated carbocycles. The minimum Gasteiger partial charge on any atom is -0.440 e. The number of fused-ring (bicyclic) bond motifs is 3. The van der Waals surface area contributed by atoms with Gasteiger partial charge in [-0.15, -0.1) is 0 Å². The first-order valence-corrected chi connectivity index (χ1v) is 10.7. The second kappa shape index (κ2) is 7.62. The Hall–Kier alpha value is -3.96. The van der Waals surface area contributed by atoms with E-state index in [1.54, 1.807) is 0 Å². The lowest BCUT2D eigenvalue weighted by Gasteiger charge is -2.15. The largest absolute Gasteiger partial charge is 0.440 e. The maximum Gasteiger partial charge on any atom is 0.202 e. The predicted molar refractivity (Wildman–Crippen MR) is 127 cm³/mol. The van der Waals surface area contributed by atoms with E-state index in [1.807, 2.05) is 78.9 Å². The Balaban J connectivity index is 1.58. The molecular formula is C26H17ClN4O. The van der Waals surface area contributed by atoms with Gasteiger partial charge in [-0.05, 0) is 12.1 Å². The van der Waals surface area contributed by atoms with Gasteiger partial charge in [-0.25, -0.2) is 15.0 Å². The number of anilines is 1. The van der Waals surface area contributed by atoms with Gasteiger partial charge in [-0.2, -0.15) is 0 Å². The fraction of sp³-hybridized carbons (Fsp3) is 0.0385. The van der Waals surface area contributed by atoms with Gasteiger partial charge in [0.15, 0.2) is 17.5 Å². The van der Waals surface area contributed by atoms with Crippen LogP contribution in [0.5, 0.6) is 0 Å². The molecule has 3 aromatic carbocycles. The molecule has 6 rings (SSSR count). The standard InChI is InChI=1S/C26H17ClN4O/c27-18-11-12-19-21(15-18)32-26-22(19)20(13-14-28-26)25-30-23(16-7-3-1-4-8-16)29-24(31-25)17-9-5-2-6-10-17/h1-13,15,28H,14H2. The summed E-state index contributed by atoms with van der Waals surface area (Å²) in [5, 5.41) is 4.90. The second-order valence-electron chi connectivity index (χ2n) is 7.48. The SMILES string of the molecule is Clc1ccc2c3c(oc2c1)NCC=C3c1nc(-c2ccccc2)nc(-c2ccccc2)n1. The second-order valence-corrected chi connectivity index (χ2v) is 7.92. The molecule has 0 unspecified atom stereocenters. The lowest BCUT2D eigenvalue weighted by atomic mass is 10.0. The minimum absolute atomic E-state index is 0.609. The summed E-state index contributed by atoms with van der Waals surface area (Å²) in [6, 6.07) is 25.6. The number of benzene rings is 3. The summed E-state index contributed by atoms with van der Waals surface area (Å²) in [6.45, 7) is 0.614. The van der Waals surface area contributed by atoms with Crippen LogP contribution < -0.4 is 5.32 Å². The highest BCUT2D eigenvalue weighted by Gasteiger charge is 2.25. The molecule has 0 aliphatic carbocycles. The fourth-order valence-electron chi connectivity index (χ4n) is 3.94. The van der Waals surface area contributed by atoms with Crippen molar-refractivity contribution in [2.24, 2.45) is 0 Å². The van der Waals surface area contributed by atoms with Crippen LogP contribution in [0.1, 0.15) is 11.4 Å². The van der Waals surface area contributed by atoms with Crippen LogP contribution in [0.2, 0.25) is 5.02 Å². The van der Waals surface area contributed by atoms with Crippen molar-refractivity contribution in [2.45, 2.75) is 0 Å². The summed E-state index contributed by atoms with van der Waals surface area (Å²) < 4.78 is 6.05. The number of nitrogens with one attached hydrogen (secondary N) is 1. The van der Waals surface area contributed by atoms with Crippen molar-refractivity contribution in [3.8, 4) is 22.8 Å². The molecule has 0 amide bonds. The van der Waals surface area contributed by atoms with E-state index in [-0.39, 0.29) is 0 Å². The number of hydrogen-bond acceptors (Lipinski definition) is 5. The molecule has 0 saturated heterocycles. The molecule has 0 fully saturated rings. The van der Waals surface area contributed by atoms with Crippen LogP contribution in [-0.4, -0.2) is 21.5 Å². The first-order chi connectivity index (χ1) is 15.8. The first-order valence-electron chi connectivity index (χ1n) is 10.3. The lowest BCUT2D eigenvalue weighted by molar-refractivity contribution is 0.627. The van der Waals surface area contributed by atoms with Gasteiger partial charge in [0.25, 0.3) is 0 Å². The van der Waals surface area contributed by atoms with E-state index < -0.39 is 0 Å². The van der Waals surface area contributed by atoms with E-state index >= 15 is 0 Å². The van der Waals surface area contributed by atoms with E-state index in [0.29, 0.717) is 34.9 Å². The summed E-state index contributed by atoms with van der Waals surface area (Å²) >= 11 is 6.18. The molecule has 0 bridgehead atoms. The normalized spacial score (nSPS) is 12.8. The molecule has 5 aromatic rings. The molecule has 1 N–H and O–H groups in total. The molecule has 1 aliphatic rings. The van der Waals surface area contributed by atoms with Crippen molar-refractivity contribution in [3.05, 3.63) is 101 Å². The molecular weight excluding hydrogens is 420 g/mol. The monoisotopic (exact) mass is 436 g/mol. The summed E-state index contributed by atoms with van der Waals surface area (Å²) in [4.78, 5) is 14.5. The Kier molecular flexibility index (Phi) is 4.47. The molecule has 0 atom stereocenters. The highest BCUT2D eigenvalue weighted by atomic mass is 35.5. The zero-order valence-electron chi connectivity index (χ0n) is 16.9. The molecule has 0 spiro atoms. The lowest BCUT2D eigenvalue weighted by Crippen LogP contribution is -2.10. The van der Waals surface area contributed by atoms with Crippen LogP contribution in [0.25, 0.3) is 39.3 Å². The molecule has 6 heteroatoms. The molecule has 0 radical (unpaired) electrons. The number of hydrogen-bond donors (Lipinski definition) is 1. The van der Waals surface area contributed by atoms with Gasteiger partial charge < -0.3 is 9.73 Å². The number of rotatable bonds is 3. The molecule has 1 aliphatic heterocycles. The minimum atomic E-state index is 0.609. The summed E-state index contributed by atoms with van der Waals surface area (Å²) in [5.74, 6) is 2.57. The van der Waals surface area contributed by atoms with E-state index in [4.69, 9.17) is 31.0 Å². The van der Waals surface area contributed by atoms with Crippen LogP contribution in [0.15, 0.2) is 89.4 Å². The molecule has 154 valence electrons. The average molecular weight is 437 g/mol. The topological polar surface area (TPSA) is 63.8 Å².